The molecule has 1 aromatic rings. The van der Waals surface area contributed by atoms with Gasteiger partial charge in [-0.1, -0.05) is 0 Å². The monoisotopic (exact) mass is 403 g/mol. The standard InChI is InChI=1S/C13H11Br2NO4/c1-6(17)16-11(13(19)20-2)4-7-3-9(14)10(15)5-8(7)12(16)18/h3-5,12,18H,1-2H3. The van der Waals surface area contributed by atoms with E-state index in [1.165, 1.54) is 20.1 Å². The van der Waals surface area contributed by atoms with Gasteiger partial charge in [-0.05, 0) is 55.6 Å². The molecule has 20 heavy (non-hydrogen) atoms. The molecule has 7 heteroatoms. The molecule has 0 fully saturated rings. The first-order valence-corrected chi connectivity index (χ1v) is 7.22. The van der Waals surface area contributed by atoms with E-state index in [0.717, 1.165) is 13.8 Å². The maximum atomic E-state index is 11.8. The Balaban J connectivity index is 2.65. The summed E-state index contributed by atoms with van der Waals surface area (Å²) in [6.45, 7) is 1.28. The number of amides is 1. The van der Waals surface area contributed by atoms with Gasteiger partial charge in [-0.15, -0.1) is 0 Å². The van der Waals surface area contributed by atoms with Crippen LogP contribution in [-0.4, -0.2) is 29.0 Å². The molecular weight excluding hydrogens is 394 g/mol. The van der Waals surface area contributed by atoms with Gasteiger partial charge in [0.1, 0.15) is 5.70 Å². The van der Waals surface area contributed by atoms with Crippen LogP contribution in [0, 0.1) is 0 Å². The molecule has 1 aliphatic rings. The van der Waals surface area contributed by atoms with Crippen LogP contribution in [-0.2, 0) is 14.3 Å². The Morgan fingerprint density at radius 3 is 2.45 bits per heavy atom. The van der Waals surface area contributed by atoms with E-state index in [2.05, 4.69) is 36.6 Å². The van der Waals surface area contributed by atoms with Gasteiger partial charge < -0.3 is 9.84 Å². The smallest absolute Gasteiger partial charge is 0.354 e. The number of carbonyl (C=O) groups excluding carboxylic acids is 2. The summed E-state index contributed by atoms with van der Waals surface area (Å²) in [6, 6.07) is 3.45. The average molecular weight is 405 g/mol. The fourth-order valence-corrected chi connectivity index (χ4v) is 2.74. The predicted octanol–water partition coefficient (Wildman–Crippen LogP) is 2.58. The third-order valence-electron chi connectivity index (χ3n) is 2.93. The van der Waals surface area contributed by atoms with Crippen molar-refractivity contribution in [3.63, 3.8) is 0 Å². The molecule has 0 saturated carbocycles. The Morgan fingerprint density at radius 1 is 1.30 bits per heavy atom. The number of rotatable bonds is 1. The molecule has 1 amide bonds. The van der Waals surface area contributed by atoms with Crippen molar-refractivity contribution in [3.05, 3.63) is 37.9 Å². The van der Waals surface area contributed by atoms with E-state index < -0.39 is 18.1 Å². The lowest BCUT2D eigenvalue weighted by atomic mass is 9.99. The summed E-state index contributed by atoms with van der Waals surface area (Å²) in [7, 11) is 1.22. The van der Waals surface area contributed by atoms with Crippen molar-refractivity contribution in [1.29, 1.82) is 0 Å². The molecule has 1 N–H and O–H groups in total. The van der Waals surface area contributed by atoms with Crippen LogP contribution in [0.1, 0.15) is 24.3 Å². The number of aliphatic hydroxyl groups excluding tert-OH is 1. The zero-order valence-electron chi connectivity index (χ0n) is 10.7. The lowest BCUT2D eigenvalue weighted by Gasteiger charge is -2.32. The van der Waals surface area contributed by atoms with Crippen LogP contribution in [0.4, 0.5) is 0 Å². The number of esters is 1. The molecule has 0 aromatic heterocycles. The van der Waals surface area contributed by atoms with E-state index in [1.807, 2.05) is 0 Å². The third kappa shape index (κ3) is 2.53. The summed E-state index contributed by atoms with van der Waals surface area (Å²) in [4.78, 5) is 24.5. The fourth-order valence-electron chi connectivity index (χ4n) is 2.02. The second-order valence-corrected chi connectivity index (χ2v) is 5.89. The van der Waals surface area contributed by atoms with Crippen molar-refractivity contribution in [3.8, 4) is 0 Å². The van der Waals surface area contributed by atoms with Crippen molar-refractivity contribution in [2.45, 2.75) is 13.2 Å². The van der Waals surface area contributed by atoms with E-state index >= 15 is 0 Å². The molecule has 2 rings (SSSR count). The zero-order valence-corrected chi connectivity index (χ0v) is 13.9. The number of hydrogen-bond donors (Lipinski definition) is 1. The number of benzene rings is 1. The molecule has 0 bridgehead atoms. The molecule has 1 aromatic carbocycles. The summed E-state index contributed by atoms with van der Waals surface area (Å²) in [5, 5.41) is 10.3. The van der Waals surface area contributed by atoms with Gasteiger partial charge in [0.2, 0.25) is 5.91 Å². The van der Waals surface area contributed by atoms with Crippen LogP contribution < -0.4 is 0 Å². The van der Waals surface area contributed by atoms with Gasteiger partial charge in [-0.3, -0.25) is 9.69 Å². The Morgan fingerprint density at radius 2 is 1.90 bits per heavy atom. The van der Waals surface area contributed by atoms with E-state index in [1.54, 1.807) is 12.1 Å². The highest BCUT2D eigenvalue weighted by atomic mass is 79.9. The molecule has 0 spiro atoms. The molecule has 0 saturated heterocycles. The largest absolute Gasteiger partial charge is 0.464 e. The summed E-state index contributed by atoms with van der Waals surface area (Å²) in [5.74, 6) is -1.12. The quantitative estimate of drug-likeness (QED) is 0.730. The van der Waals surface area contributed by atoms with Crippen molar-refractivity contribution >= 4 is 49.8 Å². The molecular formula is C13H11Br2NO4. The van der Waals surface area contributed by atoms with Gasteiger partial charge in [0.25, 0.3) is 0 Å². The van der Waals surface area contributed by atoms with Gasteiger partial charge >= 0.3 is 5.97 Å². The maximum Gasteiger partial charge on any atom is 0.354 e. The van der Waals surface area contributed by atoms with Crippen LogP contribution in [0.5, 0.6) is 0 Å². The van der Waals surface area contributed by atoms with Crippen molar-refractivity contribution in [2.24, 2.45) is 0 Å². The number of fused-ring (bicyclic) bond motifs is 1. The lowest BCUT2D eigenvalue weighted by molar-refractivity contribution is -0.147. The number of ether oxygens (including phenoxy) is 1. The van der Waals surface area contributed by atoms with Crippen LogP contribution >= 0.6 is 31.9 Å². The van der Waals surface area contributed by atoms with E-state index in [-0.39, 0.29) is 5.70 Å². The van der Waals surface area contributed by atoms with E-state index in [9.17, 15) is 14.7 Å². The van der Waals surface area contributed by atoms with Gasteiger partial charge in [0.15, 0.2) is 6.23 Å². The first kappa shape index (κ1) is 15.2. The van der Waals surface area contributed by atoms with E-state index in [0.29, 0.717) is 11.1 Å². The molecule has 0 aliphatic carbocycles. The molecule has 106 valence electrons. The third-order valence-corrected chi connectivity index (χ3v) is 4.78. The summed E-state index contributed by atoms with van der Waals surface area (Å²) >= 11 is 6.70. The number of halogens is 2. The second-order valence-electron chi connectivity index (χ2n) is 4.18. The zero-order chi connectivity index (χ0) is 15.0. The lowest BCUT2D eigenvalue weighted by Crippen LogP contribution is -2.38. The molecule has 0 radical (unpaired) electrons. The molecule has 1 atom stereocenters. The normalized spacial score (nSPS) is 17.4. The average Bonchev–Trinajstić information content (AvgIpc) is 2.39. The van der Waals surface area contributed by atoms with Gasteiger partial charge in [-0.2, -0.15) is 0 Å². The predicted molar refractivity (Wildman–Crippen MR) is 79.3 cm³/mol. The highest BCUT2D eigenvalue weighted by molar-refractivity contribution is 9.13. The van der Waals surface area contributed by atoms with Gasteiger partial charge in [0.05, 0.1) is 7.11 Å². The van der Waals surface area contributed by atoms with Crippen LogP contribution in [0.2, 0.25) is 0 Å². The number of methoxy groups -OCH3 is 1. The minimum Gasteiger partial charge on any atom is -0.464 e. The van der Waals surface area contributed by atoms with Gasteiger partial charge in [0, 0.05) is 21.4 Å². The second kappa shape index (κ2) is 5.67. The van der Waals surface area contributed by atoms with Crippen LogP contribution in [0.15, 0.2) is 26.8 Å². The van der Waals surface area contributed by atoms with E-state index in [4.69, 9.17) is 0 Å². The number of aliphatic hydroxyl groups is 1. The Labute approximate surface area is 132 Å². The minimum atomic E-state index is -1.23. The maximum absolute atomic E-state index is 11.8. The number of hydrogen-bond acceptors (Lipinski definition) is 4. The van der Waals surface area contributed by atoms with Crippen LogP contribution in [0.25, 0.3) is 6.08 Å². The van der Waals surface area contributed by atoms with Crippen molar-refractivity contribution in [2.75, 3.05) is 7.11 Å². The minimum absolute atomic E-state index is 0.00854. The SMILES string of the molecule is COC(=O)C1=Cc2cc(Br)c(Br)cc2C(O)N1C(C)=O. The van der Waals surface area contributed by atoms with Gasteiger partial charge in [-0.25, -0.2) is 4.79 Å². The van der Waals surface area contributed by atoms with Crippen LogP contribution in [0.3, 0.4) is 0 Å². The molecule has 5 nitrogen and oxygen atoms in total. The Kier molecular flexibility index (Phi) is 4.31. The molecule has 1 unspecified atom stereocenters. The Bertz CT molecular complexity index is 627. The highest BCUT2D eigenvalue weighted by Crippen LogP contribution is 2.37. The first-order chi connectivity index (χ1) is 9.36. The topological polar surface area (TPSA) is 66.8 Å². The fraction of sp³-hybridized carbons (Fsp3) is 0.231. The number of nitrogens with zero attached hydrogens (tertiary/aromatic N) is 1. The summed E-state index contributed by atoms with van der Waals surface area (Å²) < 4.78 is 6.18. The summed E-state index contributed by atoms with van der Waals surface area (Å²) in [6.07, 6.45) is 0.290. The van der Waals surface area contributed by atoms with Crippen molar-refractivity contribution < 1.29 is 19.4 Å². The molecule has 1 aliphatic heterocycles. The Hall–Kier alpha value is -1.18. The molecule has 1 heterocycles. The number of carbonyl (C=O) groups is 2. The summed E-state index contributed by atoms with van der Waals surface area (Å²) in [5.41, 5.74) is 1.18. The highest BCUT2D eigenvalue weighted by Gasteiger charge is 2.34. The van der Waals surface area contributed by atoms with Crippen molar-refractivity contribution in [1.82, 2.24) is 4.90 Å². The first-order valence-electron chi connectivity index (χ1n) is 5.63.